The minimum Gasteiger partial charge on any atom is -0.511 e. The van der Waals surface area contributed by atoms with Crippen LogP contribution >= 0.6 is 0 Å². The van der Waals surface area contributed by atoms with Crippen molar-refractivity contribution in [3.8, 4) is 0 Å². The molecular weight excluding hydrogens is 142 g/mol. The molecule has 0 fully saturated rings. The molecule has 1 heterocycles. The highest BCUT2D eigenvalue weighted by Gasteiger charge is 2.15. The average molecular weight is 155 g/mol. The van der Waals surface area contributed by atoms with E-state index in [1.54, 1.807) is 6.34 Å². The molecule has 1 aliphatic rings. The molecule has 62 valence electrons. The highest BCUT2D eigenvalue weighted by molar-refractivity contribution is 5.57. The molecule has 0 aromatic rings. The minimum absolute atomic E-state index is 0.0344. The van der Waals surface area contributed by atoms with Crippen molar-refractivity contribution in [1.82, 2.24) is 5.32 Å². The van der Waals surface area contributed by atoms with Crippen LogP contribution in [0.25, 0.3) is 0 Å². The number of aliphatic imine (C=N–C) groups is 1. The van der Waals surface area contributed by atoms with Crippen molar-refractivity contribution in [3.63, 3.8) is 0 Å². The summed E-state index contributed by atoms with van der Waals surface area (Å²) in [6, 6.07) is -0.161. The molecule has 1 aliphatic heterocycles. The summed E-state index contributed by atoms with van der Waals surface area (Å²) in [7, 11) is 0. The Kier molecular flexibility index (Phi) is 2.48. The molecule has 0 aromatic carbocycles. The van der Waals surface area contributed by atoms with Gasteiger partial charge in [0.25, 0.3) is 0 Å². The number of rotatable bonds is 3. The largest absolute Gasteiger partial charge is 0.511 e. The van der Waals surface area contributed by atoms with Crippen LogP contribution in [0.1, 0.15) is 6.42 Å². The quantitative estimate of drug-likeness (QED) is 0.493. The third kappa shape index (κ3) is 2.23. The van der Waals surface area contributed by atoms with Crippen molar-refractivity contribution in [2.45, 2.75) is 18.5 Å². The van der Waals surface area contributed by atoms with Gasteiger partial charge < -0.3 is 16.2 Å². The fourth-order valence-corrected chi connectivity index (χ4v) is 0.973. The van der Waals surface area contributed by atoms with Gasteiger partial charge in [-0.3, -0.25) is 4.99 Å². The van der Waals surface area contributed by atoms with Gasteiger partial charge in [-0.15, -0.1) is 0 Å². The van der Waals surface area contributed by atoms with E-state index < -0.39 is 0 Å². The van der Waals surface area contributed by atoms with E-state index in [2.05, 4.69) is 16.9 Å². The number of aliphatic hydroxyl groups excluding tert-OH is 1. The third-order valence-corrected chi connectivity index (χ3v) is 1.68. The van der Waals surface area contributed by atoms with Crippen LogP contribution in [0.2, 0.25) is 0 Å². The maximum atomic E-state index is 8.89. The first-order valence-electron chi connectivity index (χ1n) is 3.58. The first-order valence-corrected chi connectivity index (χ1v) is 3.58. The van der Waals surface area contributed by atoms with Gasteiger partial charge in [-0.25, -0.2) is 0 Å². The summed E-state index contributed by atoms with van der Waals surface area (Å²) < 4.78 is 0. The number of aliphatic hydroxyl groups is 1. The van der Waals surface area contributed by atoms with E-state index in [1.165, 1.54) is 0 Å². The fraction of sp³-hybridized carbons (Fsp3) is 0.571. The Balaban J connectivity index is 2.29. The van der Waals surface area contributed by atoms with Crippen LogP contribution in [0, 0.1) is 0 Å². The molecule has 4 heteroatoms. The maximum absolute atomic E-state index is 8.89. The molecule has 0 aliphatic carbocycles. The summed E-state index contributed by atoms with van der Waals surface area (Å²) in [4.78, 5) is 4.09. The Labute approximate surface area is 65.8 Å². The second kappa shape index (κ2) is 3.39. The zero-order valence-corrected chi connectivity index (χ0v) is 6.33. The summed E-state index contributed by atoms with van der Waals surface area (Å²) in [5.74, 6) is 0.0344. The van der Waals surface area contributed by atoms with E-state index in [4.69, 9.17) is 10.8 Å². The van der Waals surface area contributed by atoms with Gasteiger partial charge in [-0.05, 0) is 6.42 Å². The minimum atomic E-state index is -0.350. The second-order valence-electron chi connectivity index (χ2n) is 2.67. The Morgan fingerprint density at radius 1 is 2.00 bits per heavy atom. The van der Waals surface area contributed by atoms with Crippen LogP contribution in [-0.4, -0.2) is 30.1 Å². The molecule has 4 N–H and O–H groups in total. The van der Waals surface area contributed by atoms with Gasteiger partial charge in [0.15, 0.2) is 0 Å². The first kappa shape index (κ1) is 8.07. The highest BCUT2D eigenvalue weighted by atomic mass is 16.3. The Morgan fingerprint density at radius 2 is 2.73 bits per heavy atom. The normalized spacial score (nSPS) is 24.6. The summed E-state index contributed by atoms with van der Waals surface area (Å²) in [6.45, 7) is 4.16. The van der Waals surface area contributed by atoms with Crippen molar-refractivity contribution >= 4 is 6.34 Å². The molecule has 0 spiro atoms. The van der Waals surface area contributed by atoms with Gasteiger partial charge in [0.05, 0.1) is 18.4 Å². The summed E-state index contributed by atoms with van der Waals surface area (Å²) in [6.07, 6.45) is 2.32. The van der Waals surface area contributed by atoms with Gasteiger partial charge in [0.2, 0.25) is 0 Å². The molecule has 2 atom stereocenters. The van der Waals surface area contributed by atoms with Crippen molar-refractivity contribution in [1.29, 1.82) is 0 Å². The topological polar surface area (TPSA) is 70.6 Å². The van der Waals surface area contributed by atoms with E-state index >= 15 is 0 Å². The Bertz CT molecular complexity index is 179. The van der Waals surface area contributed by atoms with E-state index in [0.29, 0.717) is 6.42 Å². The monoisotopic (exact) mass is 155 g/mol. The van der Waals surface area contributed by atoms with Gasteiger partial charge in [-0.1, -0.05) is 6.58 Å². The standard InChI is InChI=1S/C7H13N3O/c1-5(11)7(8)2-6-3-9-4-10-6/h4,6-7,11H,1-3,8H2,(H,9,10)/t6?,7-/m0/s1. The highest BCUT2D eigenvalue weighted by Crippen LogP contribution is 2.06. The van der Waals surface area contributed by atoms with Crippen molar-refractivity contribution in [2.75, 3.05) is 6.54 Å². The van der Waals surface area contributed by atoms with Crippen LogP contribution in [-0.2, 0) is 0 Å². The summed E-state index contributed by atoms with van der Waals surface area (Å²) in [5.41, 5.74) is 5.55. The zero-order chi connectivity index (χ0) is 8.27. The second-order valence-corrected chi connectivity index (χ2v) is 2.67. The number of hydrogen-bond donors (Lipinski definition) is 3. The number of nitrogens with zero attached hydrogens (tertiary/aromatic N) is 1. The maximum Gasteiger partial charge on any atom is 0.102 e. The molecule has 0 amide bonds. The van der Waals surface area contributed by atoms with Crippen LogP contribution < -0.4 is 11.1 Å². The van der Waals surface area contributed by atoms with E-state index in [-0.39, 0.29) is 17.8 Å². The van der Waals surface area contributed by atoms with Crippen molar-refractivity contribution < 1.29 is 5.11 Å². The number of nitrogens with one attached hydrogen (secondary N) is 1. The van der Waals surface area contributed by atoms with Crippen LogP contribution in [0.15, 0.2) is 17.3 Å². The molecule has 0 saturated carbocycles. The predicted molar refractivity (Wildman–Crippen MR) is 44.6 cm³/mol. The van der Waals surface area contributed by atoms with Gasteiger partial charge >= 0.3 is 0 Å². The first-order chi connectivity index (χ1) is 5.20. The van der Waals surface area contributed by atoms with Crippen molar-refractivity contribution in [2.24, 2.45) is 10.7 Å². The van der Waals surface area contributed by atoms with Crippen LogP contribution in [0.4, 0.5) is 0 Å². The molecular formula is C7H13N3O. The summed E-state index contributed by atoms with van der Waals surface area (Å²) in [5, 5.41) is 11.8. The lowest BCUT2D eigenvalue weighted by molar-refractivity contribution is 0.354. The molecule has 4 nitrogen and oxygen atoms in total. The van der Waals surface area contributed by atoms with Gasteiger partial charge in [0, 0.05) is 6.54 Å². The molecule has 1 unspecified atom stereocenters. The molecule has 0 bridgehead atoms. The molecule has 11 heavy (non-hydrogen) atoms. The average Bonchev–Trinajstić information content (AvgIpc) is 2.39. The van der Waals surface area contributed by atoms with E-state index in [9.17, 15) is 0 Å². The van der Waals surface area contributed by atoms with Crippen LogP contribution in [0.3, 0.4) is 0 Å². The Morgan fingerprint density at radius 3 is 3.18 bits per heavy atom. The van der Waals surface area contributed by atoms with Crippen molar-refractivity contribution in [3.05, 3.63) is 12.3 Å². The van der Waals surface area contributed by atoms with Gasteiger partial charge in [-0.2, -0.15) is 0 Å². The predicted octanol–water partition coefficient (Wildman–Crippen LogP) is -0.224. The lowest BCUT2D eigenvalue weighted by Gasteiger charge is -2.12. The number of nitrogens with two attached hydrogens (primary N) is 1. The summed E-state index contributed by atoms with van der Waals surface area (Å²) >= 11 is 0. The fourth-order valence-electron chi connectivity index (χ4n) is 0.973. The molecule has 0 saturated heterocycles. The molecule has 0 radical (unpaired) electrons. The molecule has 1 rings (SSSR count). The lowest BCUT2D eigenvalue weighted by atomic mass is 10.1. The Hall–Kier alpha value is -1.03. The SMILES string of the molecule is C=C(O)[C@@H](N)CC1CNC=N1. The molecule has 0 aromatic heterocycles. The van der Waals surface area contributed by atoms with Crippen LogP contribution in [0.5, 0.6) is 0 Å². The number of hydrogen-bond acceptors (Lipinski definition) is 4. The third-order valence-electron chi connectivity index (χ3n) is 1.68. The van der Waals surface area contributed by atoms with Gasteiger partial charge in [0.1, 0.15) is 5.76 Å². The smallest absolute Gasteiger partial charge is 0.102 e. The van der Waals surface area contributed by atoms with E-state index in [1.807, 2.05) is 0 Å². The lowest BCUT2D eigenvalue weighted by Crippen LogP contribution is -2.29. The zero-order valence-electron chi connectivity index (χ0n) is 6.33. The van der Waals surface area contributed by atoms with E-state index in [0.717, 1.165) is 6.54 Å².